The van der Waals surface area contributed by atoms with E-state index in [1.807, 2.05) is 6.07 Å². The van der Waals surface area contributed by atoms with Gasteiger partial charge in [-0.3, -0.25) is 0 Å². The Bertz CT molecular complexity index is 519. The molecule has 0 bridgehead atoms. The van der Waals surface area contributed by atoms with Crippen LogP contribution in [0.2, 0.25) is 0 Å². The lowest BCUT2D eigenvalue weighted by Gasteiger charge is -2.02. The maximum absolute atomic E-state index is 5.72. The van der Waals surface area contributed by atoms with Crippen molar-refractivity contribution < 1.29 is 13.9 Å². The number of methoxy groups -OCH3 is 2. The van der Waals surface area contributed by atoms with Crippen LogP contribution < -0.4 is 5.73 Å². The Kier molecular flexibility index (Phi) is 4.36. The lowest BCUT2D eigenvalue weighted by Crippen LogP contribution is -1.99. The van der Waals surface area contributed by atoms with E-state index in [1.54, 1.807) is 14.2 Å². The Morgan fingerprint density at radius 3 is 2.72 bits per heavy atom. The van der Waals surface area contributed by atoms with Crippen LogP contribution in [0.25, 0.3) is 11.0 Å². The number of hydrogen-bond acceptors (Lipinski definition) is 4. The molecule has 4 nitrogen and oxygen atoms in total. The van der Waals surface area contributed by atoms with Crippen molar-refractivity contribution in [1.29, 1.82) is 0 Å². The van der Waals surface area contributed by atoms with Crippen LogP contribution in [0.15, 0.2) is 22.6 Å². The molecule has 0 saturated heterocycles. The topological polar surface area (TPSA) is 57.6 Å². The van der Waals surface area contributed by atoms with E-state index < -0.39 is 0 Å². The minimum atomic E-state index is 0.390. The summed E-state index contributed by atoms with van der Waals surface area (Å²) < 4.78 is 16.0. The molecule has 0 aliphatic rings. The summed E-state index contributed by atoms with van der Waals surface area (Å²) >= 11 is 0. The molecule has 2 aromatic rings. The van der Waals surface area contributed by atoms with E-state index in [2.05, 4.69) is 12.1 Å². The molecular weight excluding hydrogens is 230 g/mol. The zero-order chi connectivity index (χ0) is 13.0. The van der Waals surface area contributed by atoms with Gasteiger partial charge >= 0.3 is 0 Å². The lowest BCUT2D eigenvalue weighted by atomic mass is 10.1. The number of rotatable bonds is 6. The highest BCUT2D eigenvalue weighted by atomic mass is 16.5. The third-order valence-electron chi connectivity index (χ3n) is 3.01. The number of fused-ring (bicyclic) bond motifs is 1. The van der Waals surface area contributed by atoms with Crippen LogP contribution in [-0.4, -0.2) is 20.8 Å². The molecule has 1 aromatic heterocycles. The SMILES string of the molecule is COCCc1ccc2oc(CN)c(COC)c2c1. The lowest BCUT2D eigenvalue weighted by molar-refractivity contribution is 0.184. The van der Waals surface area contributed by atoms with Gasteiger partial charge in [0.15, 0.2) is 0 Å². The molecule has 0 unspecified atom stereocenters. The quantitative estimate of drug-likeness (QED) is 0.853. The van der Waals surface area contributed by atoms with Gasteiger partial charge in [0.2, 0.25) is 0 Å². The standard InChI is InChI=1S/C14H19NO3/c1-16-6-5-10-3-4-13-11(7-10)12(9-17-2)14(8-15)18-13/h3-4,7H,5-6,8-9,15H2,1-2H3. The Labute approximate surface area is 107 Å². The molecule has 0 amide bonds. The van der Waals surface area contributed by atoms with Gasteiger partial charge in [0.25, 0.3) is 0 Å². The molecular formula is C14H19NO3. The van der Waals surface area contributed by atoms with Crippen molar-refractivity contribution in [3.05, 3.63) is 35.1 Å². The Hall–Kier alpha value is -1.36. The summed E-state index contributed by atoms with van der Waals surface area (Å²) in [5.41, 5.74) is 8.84. The summed E-state index contributed by atoms with van der Waals surface area (Å²) in [7, 11) is 3.38. The van der Waals surface area contributed by atoms with Crippen LogP contribution in [0.1, 0.15) is 16.9 Å². The number of benzene rings is 1. The normalized spacial score (nSPS) is 11.3. The molecule has 4 heteroatoms. The Morgan fingerprint density at radius 1 is 1.22 bits per heavy atom. The van der Waals surface area contributed by atoms with E-state index >= 15 is 0 Å². The first-order valence-electron chi connectivity index (χ1n) is 6.01. The van der Waals surface area contributed by atoms with Crippen molar-refractivity contribution in [2.75, 3.05) is 20.8 Å². The molecule has 0 radical (unpaired) electrons. The second-order valence-corrected chi connectivity index (χ2v) is 4.21. The van der Waals surface area contributed by atoms with Gasteiger partial charge in [-0.1, -0.05) is 6.07 Å². The molecule has 98 valence electrons. The largest absolute Gasteiger partial charge is 0.459 e. The van der Waals surface area contributed by atoms with Gasteiger partial charge in [-0.05, 0) is 24.1 Å². The summed E-state index contributed by atoms with van der Waals surface area (Å²) in [6.45, 7) is 1.63. The first kappa shape index (κ1) is 13.1. The molecule has 0 saturated carbocycles. The average Bonchev–Trinajstić information content (AvgIpc) is 2.74. The summed E-state index contributed by atoms with van der Waals surface area (Å²) in [5, 5.41) is 1.09. The summed E-state index contributed by atoms with van der Waals surface area (Å²) in [4.78, 5) is 0. The van der Waals surface area contributed by atoms with Crippen molar-refractivity contribution in [1.82, 2.24) is 0 Å². The second-order valence-electron chi connectivity index (χ2n) is 4.21. The van der Waals surface area contributed by atoms with E-state index in [0.717, 1.165) is 28.7 Å². The van der Waals surface area contributed by atoms with Crippen LogP contribution in [0.5, 0.6) is 0 Å². The molecule has 2 N–H and O–H groups in total. The van der Waals surface area contributed by atoms with Crippen LogP contribution in [-0.2, 0) is 29.0 Å². The van der Waals surface area contributed by atoms with Crippen LogP contribution in [0, 0.1) is 0 Å². The van der Waals surface area contributed by atoms with E-state index in [0.29, 0.717) is 19.8 Å². The van der Waals surface area contributed by atoms with Gasteiger partial charge in [0.05, 0.1) is 19.8 Å². The molecule has 0 aliphatic heterocycles. The molecule has 1 heterocycles. The summed E-state index contributed by atoms with van der Waals surface area (Å²) in [5.74, 6) is 0.802. The highest BCUT2D eigenvalue weighted by Crippen LogP contribution is 2.27. The van der Waals surface area contributed by atoms with Crippen molar-refractivity contribution in [3.8, 4) is 0 Å². The summed E-state index contributed by atoms with van der Waals surface area (Å²) in [6, 6.07) is 6.17. The summed E-state index contributed by atoms with van der Waals surface area (Å²) in [6.07, 6.45) is 0.891. The van der Waals surface area contributed by atoms with Gasteiger partial charge in [-0.15, -0.1) is 0 Å². The molecule has 1 aromatic carbocycles. The number of nitrogens with two attached hydrogens (primary N) is 1. The smallest absolute Gasteiger partial charge is 0.134 e. The predicted octanol–water partition coefficient (Wildman–Crippen LogP) is 2.23. The molecule has 18 heavy (non-hydrogen) atoms. The van der Waals surface area contributed by atoms with E-state index in [4.69, 9.17) is 19.6 Å². The fourth-order valence-electron chi connectivity index (χ4n) is 2.09. The van der Waals surface area contributed by atoms with Crippen LogP contribution in [0.4, 0.5) is 0 Å². The van der Waals surface area contributed by atoms with Gasteiger partial charge in [0, 0.05) is 25.2 Å². The minimum Gasteiger partial charge on any atom is -0.459 e. The van der Waals surface area contributed by atoms with E-state index in [9.17, 15) is 0 Å². The van der Waals surface area contributed by atoms with Crippen molar-refractivity contribution >= 4 is 11.0 Å². The fourth-order valence-corrected chi connectivity index (χ4v) is 2.09. The zero-order valence-corrected chi connectivity index (χ0v) is 10.9. The maximum Gasteiger partial charge on any atom is 0.134 e. The van der Waals surface area contributed by atoms with Crippen molar-refractivity contribution in [2.45, 2.75) is 19.6 Å². The van der Waals surface area contributed by atoms with Gasteiger partial charge in [0.1, 0.15) is 11.3 Å². The monoisotopic (exact) mass is 249 g/mol. The fraction of sp³-hybridized carbons (Fsp3) is 0.429. The molecule has 0 spiro atoms. The van der Waals surface area contributed by atoms with E-state index in [1.165, 1.54) is 5.56 Å². The maximum atomic E-state index is 5.72. The third kappa shape index (κ3) is 2.56. The Morgan fingerprint density at radius 2 is 2.06 bits per heavy atom. The van der Waals surface area contributed by atoms with Gasteiger partial charge < -0.3 is 19.6 Å². The van der Waals surface area contributed by atoms with Crippen LogP contribution >= 0.6 is 0 Å². The molecule has 2 rings (SSSR count). The number of furan rings is 1. The minimum absolute atomic E-state index is 0.390. The van der Waals surface area contributed by atoms with Gasteiger partial charge in [-0.2, -0.15) is 0 Å². The Balaban J connectivity index is 2.42. The van der Waals surface area contributed by atoms with E-state index in [-0.39, 0.29) is 0 Å². The number of ether oxygens (including phenoxy) is 2. The first-order valence-corrected chi connectivity index (χ1v) is 6.01. The molecule has 0 atom stereocenters. The van der Waals surface area contributed by atoms with Crippen LogP contribution in [0.3, 0.4) is 0 Å². The van der Waals surface area contributed by atoms with Crippen molar-refractivity contribution in [2.24, 2.45) is 5.73 Å². The second kappa shape index (κ2) is 6.00. The van der Waals surface area contributed by atoms with Gasteiger partial charge in [-0.25, -0.2) is 0 Å². The predicted molar refractivity (Wildman–Crippen MR) is 70.4 cm³/mol. The number of hydrogen-bond donors (Lipinski definition) is 1. The van der Waals surface area contributed by atoms with Crippen molar-refractivity contribution in [3.63, 3.8) is 0 Å². The average molecular weight is 249 g/mol. The highest BCUT2D eigenvalue weighted by molar-refractivity contribution is 5.83. The zero-order valence-electron chi connectivity index (χ0n) is 10.9. The highest BCUT2D eigenvalue weighted by Gasteiger charge is 2.13. The third-order valence-corrected chi connectivity index (χ3v) is 3.01. The first-order chi connectivity index (χ1) is 8.80. The molecule has 0 aliphatic carbocycles. The molecule has 0 fully saturated rings.